The van der Waals surface area contributed by atoms with Crippen LogP contribution in [0.4, 0.5) is 10.5 Å². The topological polar surface area (TPSA) is 58.6 Å². The number of benzene rings is 3. The summed E-state index contributed by atoms with van der Waals surface area (Å²) in [6.07, 6.45) is 1.71. The number of rotatable bonds is 4. The van der Waals surface area contributed by atoms with Gasteiger partial charge in [-0.1, -0.05) is 48.5 Å². The van der Waals surface area contributed by atoms with E-state index in [9.17, 15) is 9.59 Å². The molecule has 1 heterocycles. The third-order valence-corrected chi connectivity index (χ3v) is 4.41. The molecule has 0 atom stereocenters. The van der Waals surface area contributed by atoms with Crippen LogP contribution in [0.3, 0.4) is 0 Å². The number of imide groups is 1. The third-order valence-electron chi connectivity index (χ3n) is 4.41. The van der Waals surface area contributed by atoms with Crippen molar-refractivity contribution in [2.45, 2.75) is 6.92 Å². The van der Waals surface area contributed by atoms with Crippen molar-refractivity contribution >= 4 is 34.5 Å². The second kappa shape index (κ2) is 6.96. The third kappa shape index (κ3) is 3.04. The van der Waals surface area contributed by atoms with Crippen LogP contribution in [0.25, 0.3) is 16.8 Å². The Morgan fingerprint density at radius 3 is 2.37 bits per heavy atom. The van der Waals surface area contributed by atoms with Crippen molar-refractivity contribution in [3.8, 4) is 5.75 Å². The minimum atomic E-state index is -0.451. The Hall–Kier alpha value is -3.60. The molecule has 0 aliphatic carbocycles. The molecule has 1 N–H and O–H groups in total. The Balaban J connectivity index is 1.75. The maximum absolute atomic E-state index is 12.8. The van der Waals surface area contributed by atoms with Crippen molar-refractivity contribution < 1.29 is 14.3 Å². The van der Waals surface area contributed by atoms with E-state index in [0.717, 1.165) is 27.0 Å². The van der Waals surface area contributed by atoms with Gasteiger partial charge in [0.15, 0.2) is 0 Å². The summed E-state index contributed by atoms with van der Waals surface area (Å²) in [5, 5.41) is 4.59. The Labute approximate surface area is 156 Å². The molecule has 1 aliphatic rings. The molecule has 0 spiro atoms. The van der Waals surface area contributed by atoms with E-state index in [2.05, 4.69) is 5.32 Å². The summed E-state index contributed by atoms with van der Waals surface area (Å²) in [5.74, 6) is 0.423. The SMILES string of the molecule is CCOc1ccc(/C=C2/NC(=O)N(c3ccccc3)C2=O)c2ccccc12. The van der Waals surface area contributed by atoms with E-state index < -0.39 is 6.03 Å². The number of para-hydroxylation sites is 1. The molecule has 1 aliphatic heterocycles. The Morgan fingerprint density at radius 2 is 1.63 bits per heavy atom. The monoisotopic (exact) mass is 358 g/mol. The first kappa shape index (κ1) is 16.8. The van der Waals surface area contributed by atoms with Crippen molar-refractivity contribution in [3.63, 3.8) is 0 Å². The van der Waals surface area contributed by atoms with Gasteiger partial charge in [0.1, 0.15) is 11.4 Å². The van der Waals surface area contributed by atoms with Crippen LogP contribution in [0.5, 0.6) is 5.75 Å². The number of nitrogens with one attached hydrogen (secondary N) is 1. The van der Waals surface area contributed by atoms with Crippen LogP contribution >= 0.6 is 0 Å². The number of anilines is 1. The lowest BCUT2D eigenvalue weighted by Crippen LogP contribution is -2.30. The lowest BCUT2D eigenvalue weighted by Gasteiger charge is -2.11. The predicted octanol–water partition coefficient (Wildman–Crippen LogP) is 4.34. The van der Waals surface area contributed by atoms with Crippen LogP contribution in [0.2, 0.25) is 0 Å². The molecule has 5 heteroatoms. The highest BCUT2D eigenvalue weighted by Crippen LogP contribution is 2.30. The highest BCUT2D eigenvalue weighted by atomic mass is 16.5. The minimum Gasteiger partial charge on any atom is -0.493 e. The molecule has 134 valence electrons. The second-order valence-corrected chi connectivity index (χ2v) is 6.10. The summed E-state index contributed by atoms with van der Waals surface area (Å²) in [6.45, 7) is 2.51. The van der Waals surface area contributed by atoms with Gasteiger partial charge >= 0.3 is 6.03 Å². The van der Waals surface area contributed by atoms with E-state index in [4.69, 9.17) is 4.74 Å². The molecule has 1 fully saturated rings. The molecule has 3 aromatic rings. The van der Waals surface area contributed by atoms with Gasteiger partial charge in [-0.15, -0.1) is 0 Å². The molecular formula is C22H18N2O3. The van der Waals surface area contributed by atoms with Crippen LogP contribution in [0.1, 0.15) is 12.5 Å². The average Bonchev–Trinajstić information content (AvgIpc) is 2.98. The fraction of sp³-hybridized carbons (Fsp3) is 0.0909. The molecule has 0 bridgehead atoms. The van der Waals surface area contributed by atoms with Gasteiger partial charge < -0.3 is 10.1 Å². The number of fused-ring (bicyclic) bond motifs is 1. The molecule has 0 radical (unpaired) electrons. The van der Waals surface area contributed by atoms with Gasteiger partial charge in [-0.3, -0.25) is 4.79 Å². The Bertz CT molecular complexity index is 1060. The van der Waals surface area contributed by atoms with Crippen molar-refractivity contribution in [1.29, 1.82) is 0 Å². The van der Waals surface area contributed by atoms with E-state index in [1.165, 1.54) is 0 Å². The summed E-state index contributed by atoms with van der Waals surface area (Å²) in [6, 6.07) is 20.0. The zero-order chi connectivity index (χ0) is 18.8. The predicted molar refractivity (Wildman–Crippen MR) is 106 cm³/mol. The largest absolute Gasteiger partial charge is 0.493 e. The van der Waals surface area contributed by atoms with E-state index in [-0.39, 0.29) is 11.6 Å². The Morgan fingerprint density at radius 1 is 0.926 bits per heavy atom. The fourth-order valence-corrected chi connectivity index (χ4v) is 3.20. The number of hydrogen-bond donors (Lipinski definition) is 1. The summed E-state index contributed by atoms with van der Waals surface area (Å²) in [5.41, 5.74) is 1.63. The van der Waals surface area contributed by atoms with E-state index in [1.54, 1.807) is 30.3 Å². The number of amides is 3. The van der Waals surface area contributed by atoms with Gasteiger partial charge in [0.25, 0.3) is 5.91 Å². The van der Waals surface area contributed by atoms with Crippen molar-refractivity contribution in [2.24, 2.45) is 0 Å². The molecule has 3 aromatic carbocycles. The molecule has 1 saturated heterocycles. The average molecular weight is 358 g/mol. The first-order chi connectivity index (χ1) is 13.2. The van der Waals surface area contributed by atoms with Crippen LogP contribution in [-0.4, -0.2) is 18.5 Å². The summed E-state index contributed by atoms with van der Waals surface area (Å²) in [4.78, 5) is 26.2. The summed E-state index contributed by atoms with van der Waals surface area (Å²) < 4.78 is 5.69. The van der Waals surface area contributed by atoms with E-state index in [0.29, 0.717) is 12.3 Å². The lowest BCUT2D eigenvalue weighted by atomic mass is 10.0. The lowest BCUT2D eigenvalue weighted by molar-refractivity contribution is -0.113. The number of ether oxygens (including phenoxy) is 1. The standard InChI is InChI=1S/C22H18N2O3/c1-2-27-20-13-12-15(17-10-6-7-11-18(17)20)14-19-21(25)24(22(26)23-19)16-8-4-3-5-9-16/h3-14H,2H2,1H3,(H,23,26)/b19-14+. The molecule has 27 heavy (non-hydrogen) atoms. The van der Waals surface area contributed by atoms with Gasteiger partial charge in [0.2, 0.25) is 0 Å². The van der Waals surface area contributed by atoms with Crippen molar-refractivity contribution in [1.82, 2.24) is 5.32 Å². The van der Waals surface area contributed by atoms with Gasteiger partial charge in [-0.25, -0.2) is 9.69 Å². The molecule has 0 unspecified atom stereocenters. The zero-order valence-corrected chi connectivity index (χ0v) is 14.8. The normalized spacial score (nSPS) is 15.4. The highest BCUT2D eigenvalue weighted by Gasteiger charge is 2.34. The van der Waals surface area contributed by atoms with Gasteiger partial charge in [0, 0.05) is 5.39 Å². The van der Waals surface area contributed by atoms with Crippen LogP contribution in [0.15, 0.2) is 72.4 Å². The zero-order valence-electron chi connectivity index (χ0n) is 14.8. The number of carbonyl (C=O) groups is 2. The number of nitrogens with zero attached hydrogens (tertiary/aromatic N) is 1. The van der Waals surface area contributed by atoms with Crippen molar-refractivity contribution in [2.75, 3.05) is 11.5 Å². The van der Waals surface area contributed by atoms with Gasteiger partial charge in [-0.2, -0.15) is 0 Å². The first-order valence-corrected chi connectivity index (χ1v) is 8.76. The van der Waals surface area contributed by atoms with Crippen LogP contribution in [0, 0.1) is 0 Å². The van der Waals surface area contributed by atoms with Crippen LogP contribution in [-0.2, 0) is 4.79 Å². The minimum absolute atomic E-state index is 0.248. The highest BCUT2D eigenvalue weighted by molar-refractivity contribution is 6.28. The molecule has 4 rings (SSSR count). The Kier molecular flexibility index (Phi) is 4.34. The number of urea groups is 1. The molecule has 0 saturated carbocycles. The first-order valence-electron chi connectivity index (χ1n) is 8.76. The van der Waals surface area contributed by atoms with Crippen molar-refractivity contribution in [3.05, 3.63) is 78.0 Å². The number of hydrogen-bond acceptors (Lipinski definition) is 3. The smallest absolute Gasteiger partial charge is 0.333 e. The quantitative estimate of drug-likeness (QED) is 0.558. The summed E-state index contributed by atoms with van der Waals surface area (Å²) in [7, 11) is 0. The molecular weight excluding hydrogens is 340 g/mol. The van der Waals surface area contributed by atoms with Gasteiger partial charge in [0.05, 0.1) is 12.3 Å². The second-order valence-electron chi connectivity index (χ2n) is 6.10. The molecule has 0 aromatic heterocycles. The maximum Gasteiger partial charge on any atom is 0.333 e. The van der Waals surface area contributed by atoms with Gasteiger partial charge in [-0.05, 0) is 42.1 Å². The molecule has 3 amide bonds. The van der Waals surface area contributed by atoms with E-state index >= 15 is 0 Å². The van der Waals surface area contributed by atoms with E-state index in [1.807, 2.05) is 49.4 Å². The van der Waals surface area contributed by atoms with Crippen LogP contribution < -0.4 is 15.0 Å². The summed E-state index contributed by atoms with van der Waals surface area (Å²) >= 11 is 0. The fourth-order valence-electron chi connectivity index (χ4n) is 3.20. The molecule has 5 nitrogen and oxygen atoms in total. The number of carbonyl (C=O) groups excluding carboxylic acids is 2. The maximum atomic E-state index is 12.8.